The van der Waals surface area contributed by atoms with E-state index in [9.17, 15) is 18.4 Å². The Bertz CT molecular complexity index is 472. The summed E-state index contributed by atoms with van der Waals surface area (Å²) < 4.78 is 33.6. The van der Waals surface area contributed by atoms with Gasteiger partial charge >= 0.3 is 12.6 Å². The minimum absolute atomic E-state index is 0.114. The van der Waals surface area contributed by atoms with E-state index in [1.165, 1.54) is 12.1 Å². The zero-order chi connectivity index (χ0) is 14.4. The van der Waals surface area contributed by atoms with Gasteiger partial charge in [-0.05, 0) is 19.1 Å². The lowest BCUT2D eigenvalue weighted by Crippen LogP contribution is -2.11. The predicted octanol–water partition coefficient (Wildman–Crippen LogP) is 3.06. The molecule has 0 aliphatic rings. The molecule has 19 heavy (non-hydrogen) atoms. The van der Waals surface area contributed by atoms with Crippen LogP contribution in [0.2, 0.25) is 0 Å². The van der Waals surface area contributed by atoms with E-state index < -0.39 is 12.6 Å². The van der Waals surface area contributed by atoms with Crippen LogP contribution in [0.25, 0.3) is 0 Å². The molecule has 0 aromatic heterocycles. The van der Waals surface area contributed by atoms with Crippen molar-refractivity contribution in [2.75, 3.05) is 6.61 Å². The predicted molar refractivity (Wildman–Crippen MR) is 63.7 cm³/mol. The van der Waals surface area contributed by atoms with Crippen LogP contribution in [0.4, 0.5) is 8.78 Å². The van der Waals surface area contributed by atoms with Gasteiger partial charge in [0.1, 0.15) is 11.3 Å². The first kappa shape index (κ1) is 15.1. The molecule has 0 saturated carbocycles. The number of Topliss-reactive ketones (excluding diaryl/α,β-unsaturated/α-hetero) is 1. The summed E-state index contributed by atoms with van der Waals surface area (Å²) in [6, 6.07) is 3.76. The fourth-order valence-electron chi connectivity index (χ4n) is 1.47. The van der Waals surface area contributed by atoms with Crippen molar-refractivity contribution in [2.24, 2.45) is 0 Å². The van der Waals surface area contributed by atoms with Crippen molar-refractivity contribution in [3.63, 3.8) is 0 Å². The largest absolute Gasteiger partial charge is 0.462 e. The summed E-state index contributed by atoms with van der Waals surface area (Å²) in [5, 5.41) is 0. The first-order chi connectivity index (χ1) is 8.99. The molecule has 0 fully saturated rings. The van der Waals surface area contributed by atoms with Crippen LogP contribution >= 0.6 is 0 Å². The average molecular weight is 272 g/mol. The van der Waals surface area contributed by atoms with E-state index in [0.29, 0.717) is 0 Å². The van der Waals surface area contributed by atoms with Crippen LogP contribution in [-0.2, 0) is 4.74 Å². The van der Waals surface area contributed by atoms with Crippen molar-refractivity contribution >= 4 is 11.8 Å². The maximum absolute atomic E-state index is 12.3. The van der Waals surface area contributed by atoms with Crippen molar-refractivity contribution in [1.29, 1.82) is 0 Å². The van der Waals surface area contributed by atoms with Crippen LogP contribution in [0.5, 0.6) is 5.75 Å². The second-order valence-electron chi connectivity index (χ2n) is 3.59. The van der Waals surface area contributed by atoms with E-state index in [1.54, 1.807) is 13.8 Å². The lowest BCUT2D eigenvalue weighted by Gasteiger charge is -2.11. The van der Waals surface area contributed by atoms with Gasteiger partial charge in [0.05, 0.1) is 6.61 Å². The van der Waals surface area contributed by atoms with Gasteiger partial charge < -0.3 is 9.47 Å². The third-order valence-corrected chi connectivity index (χ3v) is 2.34. The number of carbonyl (C=O) groups is 2. The molecule has 0 heterocycles. The number of halogens is 2. The van der Waals surface area contributed by atoms with Gasteiger partial charge in [0.2, 0.25) is 0 Å². The van der Waals surface area contributed by atoms with Gasteiger partial charge in [-0.25, -0.2) is 4.79 Å². The zero-order valence-electron chi connectivity index (χ0n) is 10.6. The molecule has 1 aromatic carbocycles. The Morgan fingerprint density at radius 3 is 2.47 bits per heavy atom. The summed E-state index contributed by atoms with van der Waals surface area (Å²) in [6.07, 6.45) is 0.229. The Hall–Kier alpha value is -1.98. The van der Waals surface area contributed by atoms with E-state index >= 15 is 0 Å². The summed E-state index contributed by atoms with van der Waals surface area (Å²) in [5.41, 5.74) is 0.0843. The van der Waals surface area contributed by atoms with Crippen molar-refractivity contribution in [3.8, 4) is 5.75 Å². The highest BCUT2D eigenvalue weighted by Crippen LogP contribution is 2.24. The highest BCUT2D eigenvalue weighted by molar-refractivity contribution is 5.99. The minimum Gasteiger partial charge on any atom is -0.462 e. The van der Waals surface area contributed by atoms with Crippen molar-refractivity contribution in [2.45, 2.75) is 26.9 Å². The summed E-state index contributed by atoms with van der Waals surface area (Å²) in [6.45, 7) is 0.276. The molecular weight excluding hydrogens is 258 g/mol. The quantitative estimate of drug-likeness (QED) is 0.590. The van der Waals surface area contributed by atoms with Gasteiger partial charge in [0.25, 0.3) is 0 Å². The molecule has 0 amide bonds. The molecule has 0 bridgehead atoms. The summed E-state index contributed by atoms with van der Waals surface area (Å²) in [7, 11) is 0. The van der Waals surface area contributed by atoms with Crippen LogP contribution in [0.15, 0.2) is 18.2 Å². The summed E-state index contributed by atoms with van der Waals surface area (Å²) in [4.78, 5) is 23.1. The van der Waals surface area contributed by atoms with E-state index in [0.717, 1.165) is 6.07 Å². The first-order valence-corrected chi connectivity index (χ1v) is 5.78. The van der Waals surface area contributed by atoms with Crippen molar-refractivity contribution in [1.82, 2.24) is 0 Å². The standard InChI is InChI=1S/C13H14F2O4/c1-3-10(16)8-5-6-9(12(17)18-4-2)11(7-8)19-13(14)15/h5-7,13H,3-4H2,1-2H3. The van der Waals surface area contributed by atoms with Crippen LogP contribution in [0, 0.1) is 0 Å². The summed E-state index contributed by atoms with van der Waals surface area (Å²) >= 11 is 0. The zero-order valence-corrected chi connectivity index (χ0v) is 10.6. The number of hydrogen-bond donors (Lipinski definition) is 0. The smallest absolute Gasteiger partial charge is 0.387 e. The Morgan fingerprint density at radius 1 is 1.26 bits per heavy atom. The molecule has 0 aliphatic carbocycles. The van der Waals surface area contributed by atoms with Gasteiger partial charge in [-0.2, -0.15) is 8.78 Å². The topological polar surface area (TPSA) is 52.6 Å². The molecule has 1 aromatic rings. The van der Waals surface area contributed by atoms with Crippen LogP contribution in [0.1, 0.15) is 41.0 Å². The third-order valence-electron chi connectivity index (χ3n) is 2.34. The molecule has 104 valence electrons. The van der Waals surface area contributed by atoms with Gasteiger partial charge in [0, 0.05) is 12.0 Å². The van der Waals surface area contributed by atoms with Gasteiger partial charge in [-0.3, -0.25) is 4.79 Å². The number of ether oxygens (including phenoxy) is 2. The monoisotopic (exact) mass is 272 g/mol. The van der Waals surface area contributed by atoms with E-state index in [-0.39, 0.29) is 35.7 Å². The number of rotatable bonds is 6. The van der Waals surface area contributed by atoms with Crippen molar-refractivity contribution in [3.05, 3.63) is 29.3 Å². The molecule has 0 spiro atoms. The molecular formula is C13H14F2O4. The number of carbonyl (C=O) groups excluding carboxylic acids is 2. The maximum Gasteiger partial charge on any atom is 0.387 e. The fourth-order valence-corrected chi connectivity index (χ4v) is 1.47. The maximum atomic E-state index is 12.3. The number of alkyl halides is 2. The SMILES string of the molecule is CCOC(=O)c1ccc(C(=O)CC)cc1OC(F)F. The number of hydrogen-bond acceptors (Lipinski definition) is 4. The second-order valence-corrected chi connectivity index (χ2v) is 3.59. The molecule has 0 atom stereocenters. The molecule has 6 heteroatoms. The Kier molecular flexibility index (Phi) is 5.41. The molecule has 0 saturated heterocycles. The van der Waals surface area contributed by atoms with Gasteiger partial charge in [0.15, 0.2) is 5.78 Å². The van der Waals surface area contributed by atoms with Crippen molar-refractivity contribution < 1.29 is 27.8 Å². The second kappa shape index (κ2) is 6.82. The first-order valence-electron chi connectivity index (χ1n) is 5.78. The Morgan fingerprint density at radius 2 is 1.95 bits per heavy atom. The minimum atomic E-state index is -3.08. The number of esters is 1. The Labute approximate surface area is 109 Å². The Balaban J connectivity index is 3.16. The lowest BCUT2D eigenvalue weighted by atomic mass is 10.1. The van der Waals surface area contributed by atoms with E-state index in [2.05, 4.69) is 4.74 Å². The summed E-state index contributed by atoms with van der Waals surface area (Å²) in [5.74, 6) is -1.35. The third kappa shape index (κ3) is 4.01. The molecule has 1 rings (SSSR count). The normalized spacial score (nSPS) is 10.4. The fraction of sp³-hybridized carbons (Fsp3) is 0.385. The molecule has 4 nitrogen and oxygen atoms in total. The van der Waals surface area contributed by atoms with Gasteiger partial charge in [-0.15, -0.1) is 0 Å². The van der Waals surface area contributed by atoms with Crippen LogP contribution in [-0.4, -0.2) is 25.0 Å². The lowest BCUT2D eigenvalue weighted by molar-refractivity contribution is -0.0504. The molecule has 0 unspecified atom stereocenters. The molecule has 0 N–H and O–H groups in total. The molecule has 0 aliphatic heterocycles. The number of ketones is 1. The average Bonchev–Trinajstić information content (AvgIpc) is 2.37. The van der Waals surface area contributed by atoms with E-state index in [4.69, 9.17) is 4.74 Å². The molecule has 0 radical (unpaired) electrons. The number of benzene rings is 1. The van der Waals surface area contributed by atoms with Crippen LogP contribution in [0.3, 0.4) is 0 Å². The van der Waals surface area contributed by atoms with Crippen LogP contribution < -0.4 is 4.74 Å². The highest BCUT2D eigenvalue weighted by Gasteiger charge is 2.18. The highest BCUT2D eigenvalue weighted by atomic mass is 19.3. The van der Waals surface area contributed by atoms with E-state index in [1.807, 2.05) is 0 Å². The van der Waals surface area contributed by atoms with Gasteiger partial charge in [-0.1, -0.05) is 13.0 Å².